The van der Waals surface area contributed by atoms with Crippen LogP contribution in [0.1, 0.15) is 31.3 Å². The molecule has 0 spiro atoms. The van der Waals surface area contributed by atoms with Gasteiger partial charge in [-0.1, -0.05) is 13.8 Å². The number of thiazole rings is 1. The Morgan fingerprint density at radius 1 is 1.83 bits per heavy atom. The van der Waals surface area contributed by atoms with Crippen molar-refractivity contribution in [1.29, 1.82) is 0 Å². The fourth-order valence-corrected chi connectivity index (χ4v) is 2.53. The molecule has 66 valence electrons. The summed E-state index contributed by atoms with van der Waals surface area (Å²) in [6.45, 7) is 5.71. The van der Waals surface area contributed by atoms with E-state index in [-0.39, 0.29) is 0 Å². The molecule has 2 heterocycles. The molecule has 1 aromatic rings. The van der Waals surface area contributed by atoms with Gasteiger partial charge in [-0.3, -0.25) is 0 Å². The summed E-state index contributed by atoms with van der Waals surface area (Å²) in [4.78, 5) is 4.34. The minimum Gasteiger partial charge on any atom is -0.307 e. The van der Waals surface area contributed by atoms with Crippen LogP contribution in [0.5, 0.6) is 0 Å². The van der Waals surface area contributed by atoms with Gasteiger partial charge in [-0.05, 0) is 6.42 Å². The summed E-state index contributed by atoms with van der Waals surface area (Å²) in [5, 5.41) is 6.73. The number of hydrogen-bond donors (Lipinski definition) is 1. The van der Waals surface area contributed by atoms with Gasteiger partial charge in [-0.2, -0.15) is 0 Å². The zero-order chi connectivity index (χ0) is 8.60. The fourth-order valence-electron chi connectivity index (χ4n) is 1.64. The molecule has 2 atom stereocenters. The van der Waals surface area contributed by atoms with E-state index in [1.54, 1.807) is 11.3 Å². The van der Waals surface area contributed by atoms with Gasteiger partial charge in [-0.25, -0.2) is 4.98 Å². The van der Waals surface area contributed by atoms with Crippen molar-refractivity contribution in [1.82, 2.24) is 10.3 Å². The average Bonchev–Trinajstić information content (AvgIpc) is 2.54. The number of nitrogens with zero attached hydrogens (tertiary/aromatic N) is 1. The highest BCUT2D eigenvalue weighted by Gasteiger charge is 2.42. The van der Waals surface area contributed by atoms with Crippen LogP contribution in [-0.2, 0) is 0 Å². The van der Waals surface area contributed by atoms with Crippen molar-refractivity contribution in [2.45, 2.75) is 26.3 Å². The maximum absolute atomic E-state index is 4.34. The van der Waals surface area contributed by atoms with Crippen molar-refractivity contribution in [2.24, 2.45) is 5.41 Å². The van der Waals surface area contributed by atoms with Crippen molar-refractivity contribution in [2.75, 3.05) is 6.54 Å². The SMILES string of the molecule is CCC1(C)CNC1c1nccs1. The molecule has 0 aliphatic carbocycles. The summed E-state index contributed by atoms with van der Waals surface area (Å²) in [7, 11) is 0. The Bertz CT molecular complexity index is 254. The highest BCUT2D eigenvalue weighted by Crippen LogP contribution is 2.43. The molecule has 1 N–H and O–H groups in total. The van der Waals surface area contributed by atoms with Gasteiger partial charge in [0.05, 0.1) is 6.04 Å². The summed E-state index contributed by atoms with van der Waals surface area (Å²) in [6, 6.07) is 0.502. The van der Waals surface area contributed by atoms with Crippen molar-refractivity contribution in [3.8, 4) is 0 Å². The van der Waals surface area contributed by atoms with Crippen LogP contribution < -0.4 is 5.32 Å². The van der Waals surface area contributed by atoms with E-state index in [1.807, 2.05) is 11.6 Å². The largest absolute Gasteiger partial charge is 0.307 e. The molecule has 1 aliphatic rings. The zero-order valence-electron chi connectivity index (χ0n) is 7.50. The predicted molar refractivity (Wildman–Crippen MR) is 51.3 cm³/mol. The van der Waals surface area contributed by atoms with Crippen LogP contribution in [0.4, 0.5) is 0 Å². The highest BCUT2D eigenvalue weighted by atomic mass is 32.1. The summed E-state index contributed by atoms with van der Waals surface area (Å²) in [5.41, 5.74) is 0.442. The lowest BCUT2D eigenvalue weighted by molar-refractivity contribution is 0.0987. The Kier molecular flexibility index (Phi) is 1.93. The first-order valence-electron chi connectivity index (χ1n) is 4.39. The number of hydrogen-bond acceptors (Lipinski definition) is 3. The molecule has 12 heavy (non-hydrogen) atoms. The number of nitrogens with one attached hydrogen (secondary N) is 1. The molecule has 1 saturated heterocycles. The van der Waals surface area contributed by atoms with E-state index in [2.05, 4.69) is 24.1 Å². The topological polar surface area (TPSA) is 24.9 Å². The van der Waals surface area contributed by atoms with E-state index in [0.29, 0.717) is 11.5 Å². The number of aromatic nitrogens is 1. The van der Waals surface area contributed by atoms with Crippen molar-refractivity contribution >= 4 is 11.3 Å². The lowest BCUT2D eigenvalue weighted by Crippen LogP contribution is -2.53. The van der Waals surface area contributed by atoms with Gasteiger partial charge in [0.1, 0.15) is 5.01 Å². The summed E-state index contributed by atoms with van der Waals surface area (Å²) in [5.74, 6) is 0. The third-order valence-corrected chi connectivity index (χ3v) is 3.75. The molecule has 0 saturated carbocycles. The van der Waals surface area contributed by atoms with Crippen molar-refractivity contribution in [3.63, 3.8) is 0 Å². The first-order chi connectivity index (χ1) is 5.76. The van der Waals surface area contributed by atoms with Crippen LogP contribution in [0, 0.1) is 5.41 Å². The first-order valence-corrected chi connectivity index (χ1v) is 5.27. The van der Waals surface area contributed by atoms with E-state index < -0.39 is 0 Å². The van der Waals surface area contributed by atoms with Gasteiger partial charge in [-0.15, -0.1) is 11.3 Å². The maximum Gasteiger partial charge on any atom is 0.110 e. The molecular weight excluding hydrogens is 168 g/mol. The first kappa shape index (κ1) is 8.20. The van der Waals surface area contributed by atoms with E-state index in [0.717, 1.165) is 6.54 Å². The molecule has 0 amide bonds. The minimum atomic E-state index is 0.442. The molecule has 3 heteroatoms. The summed E-state index contributed by atoms with van der Waals surface area (Å²) >= 11 is 1.75. The summed E-state index contributed by atoms with van der Waals surface area (Å²) in [6.07, 6.45) is 3.11. The minimum absolute atomic E-state index is 0.442. The molecule has 2 rings (SSSR count). The molecule has 1 fully saturated rings. The normalized spacial score (nSPS) is 34.7. The second-order valence-electron chi connectivity index (χ2n) is 3.69. The molecule has 0 bridgehead atoms. The lowest BCUT2D eigenvalue weighted by Gasteiger charge is -2.46. The highest BCUT2D eigenvalue weighted by molar-refractivity contribution is 7.09. The molecule has 0 radical (unpaired) electrons. The molecule has 2 unspecified atom stereocenters. The second-order valence-corrected chi connectivity index (χ2v) is 4.62. The molecular formula is C9H14N2S. The average molecular weight is 182 g/mol. The lowest BCUT2D eigenvalue weighted by atomic mass is 9.73. The Labute approximate surface area is 77.0 Å². The van der Waals surface area contributed by atoms with E-state index >= 15 is 0 Å². The molecule has 2 nitrogen and oxygen atoms in total. The molecule has 0 aromatic carbocycles. The smallest absolute Gasteiger partial charge is 0.110 e. The van der Waals surface area contributed by atoms with Gasteiger partial charge in [0, 0.05) is 23.5 Å². The fraction of sp³-hybridized carbons (Fsp3) is 0.667. The van der Waals surface area contributed by atoms with Crippen molar-refractivity contribution < 1.29 is 0 Å². The second kappa shape index (κ2) is 2.82. The molecule has 1 aromatic heterocycles. The Morgan fingerprint density at radius 2 is 2.67 bits per heavy atom. The van der Waals surface area contributed by atoms with E-state index in [4.69, 9.17) is 0 Å². The van der Waals surface area contributed by atoms with Gasteiger partial charge >= 0.3 is 0 Å². The Morgan fingerprint density at radius 3 is 3.08 bits per heavy atom. The zero-order valence-corrected chi connectivity index (χ0v) is 8.32. The van der Waals surface area contributed by atoms with Gasteiger partial charge in [0.25, 0.3) is 0 Å². The predicted octanol–water partition coefficient (Wildman–Crippen LogP) is 2.20. The quantitative estimate of drug-likeness (QED) is 0.758. The van der Waals surface area contributed by atoms with Crippen LogP contribution in [0.2, 0.25) is 0 Å². The van der Waals surface area contributed by atoms with Crippen LogP contribution in [0.3, 0.4) is 0 Å². The Hall–Kier alpha value is -0.410. The standard InChI is InChI=1S/C9H14N2S/c1-3-9(2)6-11-7(9)8-10-4-5-12-8/h4-5,7,11H,3,6H2,1-2H3. The van der Waals surface area contributed by atoms with Gasteiger partial charge < -0.3 is 5.32 Å². The van der Waals surface area contributed by atoms with Crippen LogP contribution in [-0.4, -0.2) is 11.5 Å². The van der Waals surface area contributed by atoms with Crippen LogP contribution >= 0.6 is 11.3 Å². The maximum atomic E-state index is 4.34. The van der Waals surface area contributed by atoms with Gasteiger partial charge in [0.15, 0.2) is 0 Å². The third-order valence-electron chi connectivity index (χ3n) is 2.91. The van der Waals surface area contributed by atoms with E-state index in [9.17, 15) is 0 Å². The van der Waals surface area contributed by atoms with E-state index in [1.165, 1.54) is 11.4 Å². The molecule has 1 aliphatic heterocycles. The third kappa shape index (κ3) is 1.08. The Balaban J connectivity index is 2.17. The monoisotopic (exact) mass is 182 g/mol. The summed E-state index contributed by atoms with van der Waals surface area (Å²) < 4.78 is 0. The van der Waals surface area contributed by atoms with Crippen molar-refractivity contribution in [3.05, 3.63) is 16.6 Å². The van der Waals surface area contributed by atoms with Crippen LogP contribution in [0.25, 0.3) is 0 Å². The van der Waals surface area contributed by atoms with Gasteiger partial charge in [0.2, 0.25) is 0 Å². The number of rotatable bonds is 2. The van der Waals surface area contributed by atoms with Crippen LogP contribution in [0.15, 0.2) is 11.6 Å².